The first-order valence-corrected chi connectivity index (χ1v) is 8.94. The van der Waals surface area contributed by atoms with Gasteiger partial charge in [0.05, 0.1) is 12.5 Å². The number of methoxy groups -OCH3 is 1. The van der Waals surface area contributed by atoms with E-state index in [1.165, 1.54) is 19.2 Å². The van der Waals surface area contributed by atoms with Crippen molar-refractivity contribution in [2.75, 3.05) is 13.7 Å². The van der Waals surface area contributed by atoms with Gasteiger partial charge in [0, 0.05) is 13.2 Å². The Morgan fingerprint density at radius 1 is 1.19 bits per heavy atom. The summed E-state index contributed by atoms with van der Waals surface area (Å²) in [4.78, 5) is 10.9. The molecule has 5 nitrogen and oxygen atoms in total. The highest BCUT2D eigenvalue weighted by Gasteiger charge is 2.33. The van der Waals surface area contributed by atoms with Crippen molar-refractivity contribution in [1.82, 2.24) is 0 Å². The van der Waals surface area contributed by atoms with Gasteiger partial charge in [-0.05, 0) is 48.6 Å². The largest absolute Gasteiger partial charge is 0.490 e. The minimum atomic E-state index is -0.912. The fourth-order valence-corrected chi connectivity index (χ4v) is 2.90. The molecule has 0 spiro atoms. The second-order valence-corrected chi connectivity index (χ2v) is 6.65. The van der Waals surface area contributed by atoms with Gasteiger partial charge in [-0.25, -0.2) is 4.39 Å². The molecule has 0 heterocycles. The Morgan fingerprint density at radius 2 is 1.93 bits per heavy atom. The van der Waals surface area contributed by atoms with Gasteiger partial charge >= 0.3 is 5.97 Å². The topological polar surface area (TPSA) is 65.0 Å². The molecule has 0 amide bonds. The van der Waals surface area contributed by atoms with Gasteiger partial charge in [-0.3, -0.25) is 4.79 Å². The number of hydrogen-bond acceptors (Lipinski definition) is 4. The van der Waals surface area contributed by atoms with E-state index in [9.17, 15) is 9.18 Å². The summed E-state index contributed by atoms with van der Waals surface area (Å²) in [6.45, 7) is 0.343. The molecule has 3 rings (SSSR count). The molecule has 0 aromatic heterocycles. The monoisotopic (exact) mass is 374 g/mol. The van der Waals surface area contributed by atoms with Crippen molar-refractivity contribution in [3.05, 3.63) is 59.9 Å². The number of halogens is 1. The first kappa shape index (κ1) is 19.2. The fourth-order valence-electron chi connectivity index (χ4n) is 2.90. The second kappa shape index (κ2) is 8.86. The van der Waals surface area contributed by atoms with Crippen LogP contribution >= 0.6 is 0 Å². The van der Waals surface area contributed by atoms with E-state index < -0.39 is 12.1 Å². The van der Waals surface area contributed by atoms with Gasteiger partial charge in [-0.1, -0.05) is 18.2 Å². The molecular weight excluding hydrogens is 351 g/mol. The lowest BCUT2D eigenvalue weighted by atomic mass is 10.1. The van der Waals surface area contributed by atoms with Crippen molar-refractivity contribution >= 4 is 5.97 Å². The van der Waals surface area contributed by atoms with Crippen LogP contribution in [0.25, 0.3) is 0 Å². The van der Waals surface area contributed by atoms with E-state index >= 15 is 0 Å². The average Bonchev–Trinajstić information content (AvgIpc) is 3.49. The lowest BCUT2D eigenvalue weighted by Crippen LogP contribution is -2.27. The van der Waals surface area contributed by atoms with Crippen molar-refractivity contribution in [3.63, 3.8) is 0 Å². The highest BCUT2D eigenvalue weighted by atomic mass is 19.1. The van der Waals surface area contributed by atoms with Gasteiger partial charge in [0.2, 0.25) is 0 Å². The van der Waals surface area contributed by atoms with E-state index in [4.69, 9.17) is 19.3 Å². The number of aliphatic carboxylic acids is 1. The molecule has 0 saturated heterocycles. The molecular formula is C21H23FO5. The van der Waals surface area contributed by atoms with E-state index in [1.54, 1.807) is 24.3 Å². The quantitative estimate of drug-likeness (QED) is 0.674. The third kappa shape index (κ3) is 5.69. The number of ether oxygens (including phenoxy) is 3. The van der Waals surface area contributed by atoms with Crippen LogP contribution in [-0.2, 0) is 9.53 Å². The molecule has 1 aliphatic rings. The van der Waals surface area contributed by atoms with Crippen molar-refractivity contribution in [2.45, 2.75) is 31.5 Å². The Balaban J connectivity index is 1.60. The maximum absolute atomic E-state index is 13.3. The Bertz CT molecular complexity index is 757. The highest BCUT2D eigenvalue weighted by molar-refractivity contribution is 5.67. The molecule has 0 radical (unpaired) electrons. The number of carboxylic acid groups (broad SMARTS) is 1. The Kier molecular flexibility index (Phi) is 6.29. The molecule has 144 valence electrons. The van der Waals surface area contributed by atoms with Crippen LogP contribution in [0.15, 0.2) is 48.5 Å². The number of benzene rings is 2. The summed E-state index contributed by atoms with van der Waals surface area (Å²) in [5.74, 6) is 0.350. The van der Waals surface area contributed by atoms with Crippen molar-refractivity contribution < 1.29 is 28.5 Å². The van der Waals surface area contributed by atoms with E-state index in [-0.39, 0.29) is 18.3 Å². The van der Waals surface area contributed by atoms with Crippen LogP contribution in [0.3, 0.4) is 0 Å². The molecule has 2 atom stereocenters. The zero-order chi connectivity index (χ0) is 19.2. The molecule has 0 bridgehead atoms. The molecule has 1 fully saturated rings. The van der Waals surface area contributed by atoms with Crippen LogP contribution < -0.4 is 9.47 Å². The maximum Gasteiger partial charge on any atom is 0.306 e. The second-order valence-electron chi connectivity index (χ2n) is 6.65. The van der Waals surface area contributed by atoms with Crippen LogP contribution in [0, 0.1) is 11.7 Å². The lowest BCUT2D eigenvalue weighted by Gasteiger charge is -2.20. The van der Waals surface area contributed by atoms with E-state index in [0.717, 1.165) is 18.4 Å². The molecule has 2 unspecified atom stereocenters. The van der Waals surface area contributed by atoms with E-state index in [2.05, 4.69) is 0 Å². The third-order valence-electron chi connectivity index (χ3n) is 4.54. The molecule has 6 heteroatoms. The fraction of sp³-hybridized carbons (Fsp3) is 0.381. The maximum atomic E-state index is 13.3. The van der Waals surface area contributed by atoms with Crippen LogP contribution in [0.2, 0.25) is 0 Å². The standard InChI is InChI=1S/C21H23FO5/c1-25-19(12-21(23)24)14-7-9-17(10-8-14)27-20(15-5-6-15)13-26-18-4-2-3-16(22)11-18/h2-4,7-11,15,19-20H,5-6,12-13H2,1H3,(H,23,24). The van der Waals surface area contributed by atoms with Crippen LogP contribution in [0.4, 0.5) is 4.39 Å². The number of rotatable bonds is 10. The summed E-state index contributed by atoms with van der Waals surface area (Å²) in [5, 5.41) is 8.95. The van der Waals surface area contributed by atoms with Gasteiger partial charge in [0.1, 0.15) is 30.0 Å². The average molecular weight is 374 g/mol. The summed E-state index contributed by atoms with van der Waals surface area (Å²) >= 11 is 0. The van der Waals surface area contributed by atoms with E-state index in [0.29, 0.717) is 24.0 Å². The zero-order valence-electron chi connectivity index (χ0n) is 15.1. The Hall–Kier alpha value is -2.60. The van der Waals surface area contributed by atoms with Crippen LogP contribution in [-0.4, -0.2) is 30.9 Å². The minimum absolute atomic E-state index is 0.0944. The summed E-state index contributed by atoms with van der Waals surface area (Å²) < 4.78 is 30.3. The third-order valence-corrected chi connectivity index (χ3v) is 4.54. The smallest absolute Gasteiger partial charge is 0.306 e. The Labute approximate surface area is 157 Å². The molecule has 0 aliphatic heterocycles. The number of carboxylic acids is 1. The number of carbonyl (C=O) groups is 1. The summed E-state index contributed by atoms with van der Waals surface area (Å²) in [6.07, 6.45) is 1.46. The van der Waals surface area contributed by atoms with Gasteiger partial charge in [0.15, 0.2) is 0 Å². The van der Waals surface area contributed by atoms with Gasteiger partial charge in [-0.15, -0.1) is 0 Å². The first-order chi connectivity index (χ1) is 13.0. The molecule has 1 N–H and O–H groups in total. The van der Waals surface area contributed by atoms with Crippen molar-refractivity contribution in [2.24, 2.45) is 5.92 Å². The molecule has 1 saturated carbocycles. The molecule has 2 aromatic carbocycles. The lowest BCUT2D eigenvalue weighted by molar-refractivity contribution is -0.139. The minimum Gasteiger partial charge on any atom is -0.490 e. The summed E-state index contributed by atoms with van der Waals surface area (Å²) in [5.41, 5.74) is 0.784. The van der Waals surface area contributed by atoms with Crippen molar-refractivity contribution in [3.8, 4) is 11.5 Å². The first-order valence-electron chi connectivity index (χ1n) is 8.94. The van der Waals surface area contributed by atoms with Gasteiger partial charge < -0.3 is 19.3 Å². The summed E-state index contributed by atoms with van der Waals surface area (Å²) in [7, 11) is 1.49. The number of hydrogen-bond donors (Lipinski definition) is 1. The predicted molar refractivity (Wildman–Crippen MR) is 97.5 cm³/mol. The normalized spacial score (nSPS) is 15.8. The van der Waals surface area contributed by atoms with Gasteiger partial charge in [-0.2, -0.15) is 0 Å². The van der Waals surface area contributed by atoms with Crippen LogP contribution in [0.1, 0.15) is 30.9 Å². The molecule has 2 aromatic rings. The predicted octanol–water partition coefficient (Wildman–Crippen LogP) is 4.22. The summed E-state index contributed by atoms with van der Waals surface area (Å²) in [6, 6.07) is 13.3. The van der Waals surface area contributed by atoms with Crippen molar-refractivity contribution in [1.29, 1.82) is 0 Å². The van der Waals surface area contributed by atoms with Crippen LogP contribution in [0.5, 0.6) is 11.5 Å². The van der Waals surface area contributed by atoms with Gasteiger partial charge in [0.25, 0.3) is 0 Å². The molecule has 1 aliphatic carbocycles. The Morgan fingerprint density at radius 3 is 2.52 bits per heavy atom. The SMILES string of the molecule is COC(CC(=O)O)c1ccc(OC(COc2cccc(F)c2)C2CC2)cc1. The zero-order valence-corrected chi connectivity index (χ0v) is 15.1. The van der Waals surface area contributed by atoms with E-state index in [1.807, 2.05) is 12.1 Å². The highest BCUT2D eigenvalue weighted by Crippen LogP contribution is 2.35. The molecule has 27 heavy (non-hydrogen) atoms.